The molecule has 108 valence electrons. The van der Waals surface area contributed by atoms with Crippen molar-refractivity contribution in [3.8, 4) is 0 Å². The Hall–Kier alpha value is -1.73. The number of amidine groups is 2. The molecule has 4 N–H and O–H groups in total. The zero-order chi connectivity index (χ0) is 15.4. The van der Waals surface area contributed by atoms with E-state index in [0.29, 0.717) is 10.0 Å². The second-order valence-electron chi connectivity index (χ2n) is 4.05. The van der Waals surface area contributed by atoms with Crippen molar-refractivity contribution in [2.75, 3.05) is 0 Å². The largest absolute Gasteiger partial charge is 0.382 e. The van der Waals surface area contributed by atoms with Crippen LogP contribution in [0.1, 0.15) is 11.1 Å². The SMILES string of the molecule is N/C(=N\N=C(/N)c1c(F)cccc1Br)c1ccccc1Br. The molecule has 0 saturated heterocycles. The monoisotopic (exact) mass is 412 g/mol. The van der Waals surface area contributed by atoms with E-state index in [1.54, 1.807) is 18.2 Å². The van der Waals surface area contributed by atoms with E-state index < -0.39 is 5.82 Å². The van der Waals surface area contributed by atoms with E-state index >= 15 is 0 Å². The molecular formula is C14H11Br2FN4. The molecule has 2 rings (SSSR count). The van der Waals surface area contributed by atoms with Gasteiger partial charge in [0, 0.05) is 14.5 Å². The average molecular weight is 414 g/mol. The molecule has 0 spiro atoms. The van der Waals surface area contributed by atoms with Gasteiger partial charge >= 0.3 is 0 Å². The maximum absolute atomic E-state index is 13.7. The third-order valence-corrected chi connectivity index (χ3v) is 3.99. The van der Waals surface area contributed by atoms with Gasteiger partial charge in [-0.3, -0.25) is 0 Å². The smallest absolute Gasteiger partial charge is 0.157 e. The fraction of sp³-hybridized carbons (Fsp3) is 0. The Labute approximate surface area is 138 Å². The van der Waals surface area contributed by atoms with Crippen LogP contribution >= 0.6 is 31.9 Å². The molecule has 0 heterocycles. The van der Waals surface area contributed by atoms with Gasteiger partial charge in [-0.25, -0.2) is 4.39 Å². The van der Waals surface area contributed by atoms with Gasteiger partial charge in [-0.2, -0.15) is 0 Å². The van der Waals surface area contributed by atoms with Crippen LogP contribution in [0.5, 0.6) is 0 Å². The van der Waals surface area contributed by atoms with Crippen molar-refractivity contribution in [2.45, 2.75) is 0 Å². The lowest BCUT2D eigenvalue weighted by Crippen LogP contribution is -2.18. The van der Waals surface area contributed by atoms with Crippen molar-refractivity contribution >= 4 is 43.5 Å². The van der Waals surface area contributed by atoms with Gasteiger partial charge in [0.15, 0.2) is 11.7 Å². The fourth-order valence-electron chi connectivity index (χ4n) is 1.62. The van der Waals surface area contributed by atoms with Crippen molar-refractivity contribution < 1.29 is 4.39 Å². The van der Waals surface area contributed by atoms with Crippen LogP contribution in [0.15, 0.2) is 61.6 Å². The van der Waals surface area contributed by atoms with Crippen molar-refractivity contribution in [3.63, 3.8) is 0 Å². The summed E-state index contributed by atoms with van der Waals surface area (Å²) < 4.78 is 15.0. The molecule has 0 unspecified atom stereocenters. The van der Waals surface area contributed by atoms with Crippen LogP contribution in [0.25, 0.3) is 0 Å². The van der Waals surface area contributed by atoms with E-state index in [0.717, 1.165) is 4.47 Å². The van der Waals surface area contributed by atoms with E-state index in [1.165, 1.54) is 6.07 Å². The first kappa shape index (κ1) is 15.7. The Morgan fingerprint density at radius 3 is 2.14 bits per heavy atom. The standard InChI is InChI=1S/C14H11Br2FN4/c15-9-5-2-1-4-8(9)13(18)20-21-14(19)12-10(16)6-3-7-11(12)17/h1-7H,(H2,18,20)(H2,19,21). The fourth-order valence-corrected chi connectivity index (χ4v) is 2.66. The predicted molar refractivity (Wildman–Crippen MR) is 89.7 cm³/mol. The average Bonchev–Trinajstić information content (AvgIpc) is 2.45. The summed E-state index contributed by atoms with van der Waals surface area (Å²) in [6.07, 6.45) is 0. The van der Waals surface area contributed by atoms with Gasteiger partial charge < -0.3 is 11.5 Å². The highest BCUT2D eigenvalue weighted by Crippen LogP contribution is 2.19. The number of benzene rings is 2. The van der Waals surface area contributed by atoms with E-state index in [9.17, 15) is 4.39 Å². The van der Waals surface area contributed by atoms with E-state index in [2.05, 4.69) is 42.1 Å². The van der Waals surface area contributed by atoms with Crippen molar-refractivity contribution in [3.05, 3.63) is 68.4 Å². The second kappa shape index (κ2) is 6.82. The first-order chi connectivity index (χ1) is 10.0. The van der Waals surface area contributed by atoms with Crippen LogP contribution in [0, 0.1) is 5.82 Å². The van der Waals surface area contributed by atoms with E-state index in [4.69, 9.17) is 11.5 Å². The quantitative estimate of drug-likeness (QED) is 0.459. The van der Waals surface area contributed by atoms with Crippen LogP contribution in [0.3, 0.4) is 0 Å². The first-order valence-corrected chi connectivity index (χ1v) is 7.45. The minimum absolute atomic E-state index is 0.0602. The van der Waals surface area contributed by atoms with Crippen LogP contribution < -0.4 is 11.5 Å². The summed E-state index contributed by atoms with van der Waals surface area (Å²) in [6.45, 7) is 0. The topological polar surface area (TPSA) is 76.8 Å². The number of nitrogens with two attached hydrogens (primary N) is 2. The van der Waals surface area contributed by atoms with Gasteiger partial charge in [0.1, 0.15) is 5.82 Å². The molecule has 0 aromatic heterocycles. The van der Waals surface area contributed by atoms with Crippen LogP contribution in [0.2, 0.25) is 0 Å². The van der Waals surface area contributed by atoms with Crippen LogP contribution in [-0.2, 0) is 0 Å². The normalized spacial score (nSPS) is 12.5. The van der Waals surface area contributed by atoms with Gasteiger partial charge in [-0.1, -0.05) is 40.2 Å². The molecule has 0 amide bonds. The van der Waals surface area contributed by atoms with Crippen LogP contribution in [-0.4, -0.2) is 11.7 Å². The summed E-state index contributed by atoms with van der Waals surface area (Å²) in [4.78, 5) is 0. The lowest BCUT2D eigenvalue weighted by atomic mass is 10.2. The molecule has 4 nitrogen and oxygen atoms in total. The number of hydrogen-bond acceptors (Lipinski definition) is 2. The number of nitrogens with zero attached hydrogens (tertiary/aromatic N) is 2. The lowest BCUT2D eigenvalue weighted by Gasteiger charge is -2.04. The van der Waals surface area contributed by atoms with Crippen LogP contribution in [0.4, 0.5) is 4.39 Å². The zero-order valence-corrected chi connectivity index (χ0v) is 13.9. The molecule has 0 aliphatic rings. The summed E-state index contributed by atoms with van der Waals surface area (Å²) >= 11 is 6.59. The number of rotatable bonds is 3. The zero-order valence-electron chi connectivity index (χ0n) is 10.7. The van der Waals surface area contributed by atoms with Crippen molar-refractivity contribution in [2.24, 2.45) is 21.7 Å². The van der Waals surface area contributed by atoms with E-state index in [-0.39, 0.29) is 17.2 Å². The highest BCUT2D eigenvalue weighted by atomic mass is 79.9. The third-order valence-electron chi connectivity index (χ3n) is 2.63. The molecule has 0 fully saturated rings. The molecule has 7 heteroatoms. The maximum Gasteiger partial charge on any atom is 0.157 e. The molecule has 0 aliphatic heterocycles. The maximum atomic E-state index is 13.7. The second-order valence-corrected chi connectivity index (χ2v) is 5.76. The Balaban J connectivity index is 2.36. The van der Waals surface area contributed by atoms with Crippen molar-refractivity contribution in [1.29, 1.82) is 0 Å². The summed E-state index contributed by atoms with van der Waals surface area (Å²) in [5, 5.41) is 7.65. The third kappa shape index (κ3) is 3.68. The molecular weight excluding hydrogens is 403 g/mol. The van der Waals surface area contributed by atoms with Gasteiger partial charge in [-0.15, -0.1) is 10.2 Å². The highest BCUT2D eigenvalue weighted by molar-refractivity contribution is 9.10. The summed E-state index contributed by atoms with van der Waals surface area (Å²) in [5.41, 5.74) is 12.5. The van der Waals surface area contributed by atoms with E-state index in [1.807, 2.05) is 18.2 Å². The molecule has 0 aliphatic carbocycles. The minimum atomic E-state index is -0.486. The molecule has 0 bridgehead atoms. The van der Waals surface area contributed by atoms with Gasteiger partial charge in [-0.05, 0) is 34.1 Å². The highest BCUT2D eigenvalue weighted by Gasteiger charge is 2.10. The Morgan fingerprint density at radius 1 is 0.857 bits per heavy atom. The Kier molecular flexibility index (Phi) is 5.08. The Bertz CT molecular complexity index is 708. The first-order valence-electron chi connectivity index (χ1n) is 5.86. The number of hydrogen-bond donors (Lipinski definition) is 2. The summed E-state index contributed by atoms with van der Waals surface area (Å²) in [5.74, 6) is -0.367. The molecule has 0 radical (unpaired) electrons. The summed E-state index contributed by atoms with van der Waals surface area (Å²) in [7, 11) is 0. The summed E-state index contributed by atoms with van der Waals surface area (Å²) in [6, 6.07) is 11.8. The minimum Gasteiger partial charge on any atom is -0.382 e. The Morgan fingerprint density at radius 2 is 1.48 bits per heavy atom. The molecule has 0 atom stereocenters. The van der Waals surface area contributed by atoms with Gasteiger partial charge in [0.25, 0.3) is 0 Å². The molecule has 0 saturated carbocycles. The van der Waals surface area contributed by atoms with Crippen molar-refractivity contribution in [1.82, 2.24) is 0 Å². The molecule has 2 aromatic carbocycles. The van der Waals surface area contributed by atoms with Gasteiger partial charge in [0.05, 0.1) is 5.56 Å². The van der Waals surface area contributed by atoms with Gasteiger partial charge in [0.2, 0.25) is 0 Å². The predicted octanol–water partition coefficient (Wildman–Crippen LogP) is 3.38. The number of halogens is 3. The molecule has 2 aromatic rings. The lowest BCUT2D eigenvalue weighted by molar-refractivity contribution is 0.624. The molecule has 21 heavy (non-hydrogen) atoms.